The first-order chi connectivity index (χ1) is 7.72. The van der Waals surface area contributed by atoms with Crippen molar-refractivity contribution in [3.63, 3.8) is 0 Å². The van der Waals surface area contributed by atoms with Crippen LogP contribution in [0.5, 0.6) is 5.75 Å². The molecule has 0 aliphatic carbocycles. The highest BCUT2D eigenvalue weighted by molar-refractivity contribution is 5.79. The van der Waals surface area contributed by atoms with Crippen molar-refractivity contribution in [2.24, 2.45) is 0 Å². The minimum Gasteiger partial charge on any atom is -0.507 e. The van der Waals surface area contributed by atoms with E-state index in [9.17, 15) is 14.7 Å². The number of phenolic OH excluding ortho intramolecular Hbond substituents is 1. The molecule has 4 heteroatoms. The molecule has 0 saturated carbocycles. The van der Waals surface area contributed by atoms with Crippen LogP contribution in [-0.2, 0) is 0 Å². The van der Waals surface area contributed by atoms with Gasteiger partial charge in [-0.2, -0.15) is 0 Å². The fourth-order valence-corrected chi connectivity index (χ4v) is 1.42. The highest BCUT2D eigenvalue weighted by atomic mass is 16.3. The second-order valence-corrected chi connectivity index (χ2v) is 3.27. The maximum atomic E-state index is 11.5. The van der Waals surface area contributed by atoms with Gasteiger partial charge in [0, 0.05) is 18.3 Å². The SMILES string of the molecule is O=Cc1ccc(-n2ccccc2=O)cc1O. The summed E-state index contributed by atoms with van der Waals surface area (Å²) < 4.78 is 1.38. The Labute approximate surface area is 91.4 Å². The number of hydrogen-bond donors (Lipinski definition) is 1. The van der Waals surface area contributed by atoms with Crippen molar-refractivity contribution in [2.45, 2.75) is 0 Å². The van der Waals surface area contributed by atoms with Crippen LogP contribution in [-0.4, -0.2) is 16.0 Å². The maximum absolute atomic E-state index is 11.5. The Kier molecular flexibility index (Phi) is 2.55. The van der Waals surface area contributed by atoms with Gasteiger partial charge in [-0.3, -0.25) is 14.2 Å². The molecule has 16 heavy (non-hydrogen) atoms. The summed E-state index contributed by atoms with van der Waals surface area (Å²) in [4.78, 5) is 22.0. The second kappa shape index (κ2) is 4.02. The number of rotatable bonds is 2. The first-order valence-electron chi connectivity index (χ1n) is 4.68. The number of nitrogens with zero attached hydrogens (tertiary/aromatic N) is 1. The Morgan fingerprint density at radius 1 is 1.19 bits per heavy atom. The fraction of sp³-hybridized carbons (Fsp3) is 0. The number of hydrogen-bond acceptors (Lipinski definition) is 3. The minimum atomic E-state index is -0.194. The molecule has 1 heterocycles. The molecule has 0 amide bonds. The van der Waals surface area contributed by atoms with Crippen LogP contribution in [0.1, 0.15) is 10.4 Å². The summed E-state index contributed by atoms with van der Waals surface area (Å²) in [6, 6.07) is 9.22. The predicted molar refractivity (Wildman–Crippen MR) is 59.1 cm³/mol. The summed E-state index contributed by atoms with van der Waals surface area (Å²) >= 11 is 0. The Bertz CT molecular complexity index is 587. The molecule has 0 aliphatic heterocycles. The highest BCUT2D eigenvalue weighted by Gasteiger charge is 2.03. The third-order valence-corrected chi connectivity index (χ3v) is 2.24. The number of aromatic hydroxyl groups is 1. The third kappa shape index (κ3) is 1.72. The third-order valence-electron chi connectivity index (χ3n) is 2.24. The van der Waals surface area contributed by atoms with Gasteiger partial charge in [-0.05, 0) is 18.2 Å². The number of aldehydes is 1. The van der Waals surface area contributed by atoms with Crippen LogP contribution >= 0.6 is 0 Å². The Morgan fingerprint density at radius 2 is 2.00 bits per heavy atom. The molecule has 1 N–H and O–H groups in total. The Hall–Kier alpha value is -2.36. The zero-order valence-electron chi connectivity index (χ0n) is 8.33. The van der Waals surface area contributed by atoms with Gasteiger partial charge in [-0.25, -0.2) is 0 Å². The molecule has 0 aliphatic rings. The van der Waals surface area contributed by atoms with Gasteiger partial charge in [0.1, 0.15) is 5.75 Å². The van der Waals surface area contributed by atoms with Gasteiger partial charge in [0.2, 0.25) is 0 Å². The lowest BCUT2D eigenvalue weighted by atomic mass is 10.2. The van der Waals surface area contributed by atoms with Gasteiger partial charge in [-0.1, -0.05) is 6.07 Å². The van der Waals surface area contributed by atoms with Crippen molar-refractivity contribution in [2.75, 3.05) is 0 Å². The van der Waals surface area contributed by atoms with E-state index in [1.54, 1.807) is 24.4 Å². The van der Waals surface area contributed by atoms with E-state index in [2.05, 4.69) is 0 Å². The zero-order valence-corrected chi connectivity index (χ0v) is 8.33. The second-order valence-electron chi connectivity index (χ2n) is 3.27. The maximum Gasteiger partial charge on any atom is 0.255 e. The molecule has 0 unspecified atom stereocenters. The van der Waals surface area contributed by atoms with Crippen molar-refractivity contribution in [1.29, 1.82) is 0 Å². The molecule has 80 valence electrons. The first kappa shape index (κ1) is 10.2. The van der Waals surface area contributed by atoms with Gasteiger partial charge in [0.25, 0.3) is 5.56 Å². The first-order valence-corrected chi connectivity index (χ1v) is 4.68. The Morgan fingerprint density at radius 3 is 2.62 bits per heavy atom. The largest absolute Gasteiger partial charge is 0.507 e. The average Bonchev–Trinajstić information content (AvgIpc) is 2.29. The molecule has 4 nitrogen and oxygen atoms in total. The van der Waals surface area contributed by atoms with Crippen molar-refractivity contribution < 1.29 is 9.90 Å². The molecule has 0 bridgehead atoms. The molecule has 0 spiro atoms. The molecule has 0 saturated heterocycles. The van der Waals surface area contributed by atoms with Crippen molar-refractivity contribution in [1.82, 2.24) is 4.57 Å². The van der Waals surface area contributed by atoms with Crippen molar-refractivity contribution in [3.05, 3.63) is 58.5 Å². The standard InChI is InChI=1S/C12H9NO3/c14-8-9-4-5-10(7-11(9)15)13-6-2-1-3-12(13)16/h1-8,15H. The topological polar surface area (TPSA) is 59.3 Å². The molecule has 0 fully saturated rings. The summed E-state index contributed by atoms with van der Waals surface area (Å²) in [5.41, 5.74) is 0.530. The molecular weight excluding hydrogens is 206 g/mol. The number of carbonyl (C=O) groups excluding carboxylic acids is 1. The van der Waals surface area contributed by atoms with E-state index in [1.807, 2.05) is 0 Å². The average molecular weight is 215 g/mol. The fourth-order valence-electron chi connectivity index (χ4n) is 1.42. The lowest BCUT2D eigenvalue weighted by Gasteiger charge is -2.06. The van der Waals surface area contributed by atoms with Gasteiger partial charge >= 0.3 is 0 Å². The van der Waals surface area contributed by atoms with Gasteiger partial charge in [-0.15, -0.1) is 0 Å². The highest BCUT2D eigenvalue weighted by Crippen LogP contribution is 2.18. The number of phenols is 1. The zero-order chi connectivity index (χ0) is 11.5. The van der Waals surface area contributed by atoms with E-state index in [-0.39, 0.29) is 16.9 Å². The van der Waals surface area contributed by atoms with Gasteiger partial charge in [0.15, 0.2) is 6.29 Å². The van der Waals surface area contributed by atoms with E-state index in [0.717, 1.165) is 0 Å². The molecule has 0 atom stereocenters. The molecule has 2 rings (SSSR count). The smallest absolute Gasteiger partial charge is 0.255 e. The van der Waals surface area contributed by atoms with Crippen LogP contribution in [0.3, 0.4) is 0 Å². The van der Waals surface area contributed by atoms with Crippen LogP contribution in [0.2, 0.25) is 0 Å². The van der Waals surface area contributed by atoms with Gasteiger partial charge < -0.3 is 5.11 Å². The van der Waals surface area contributed by atoms with Crippen LogP contribution in [0, 0.1) is 0 Å². The summed E-state index contributed by atoms with van der Waals surface area (Å²) in [5, 5.41) is 9.50. The monoisotopic (exact) mass is 215 g/mol. The number of benzene rings is 1. The summed E-state index contributed by atoms with van der Waals surface area (Å²) in [7, 11) is 0. The lowest BCUT2D eigenvalue weighted by molar-refractivity contribution is 0.112. The summed E-state index contributed by atoms with van der Waals surface area (Å²) in [6.07, 6.45) is 2.16. The van der Waals surface area contributed by atoms with E-state index < -0.39 is 0 Å². The van der Waals surface area contributed by atoms with Crippen LogP contribution in [0.15, 0.2) is 47.4 Å². The van der Waals surface area contributed by atoms with E-state index >= 15 is 0 Å². The molecule has 1 aromatic heterocycles. The van der Waals surface area contributed by atoms with Gasteiger partial charge in [0.05, 0.1) is 11.3 Å². The summed E-state index contributed by atoms with van der Waals surface area (Å²) in [6.45, 7) is 0. The lowest BCUT2D eigenvalue weighted by Crippen LogP contribution is -2.15. The minimum absolute atomic E-state index is 0.136. The molecule has 2 aromatic rings. The number of carbonyl (C=O) groups is 1. The van der Waals surface area contributed by atoms with Crippen LogP contribution < -0.4 is 5.56 Å². The van der Waals surface area contributed by atoms with Crippen molar-refractivity contribution >= 4 is 6.29 Å². The molecular formula is C12H9NO3. The van der Waals surface area contributed by atoms with Crippen LogP contribution in [0.4, 0.5) is 0 Å². The molecule has 1 aromatic carbocycles. The normalized spacial score (nSPS) is 10.0. The number of aromatic nitrogens is 1. The Balaban J connectivity index is 2.58. The quantitative estimate of drug-likeness (QED) is 0.769. The summed E-state index contributed by atoms with van der Waals surface area (Å²) in [5.74, 6) is -0.136. The van der Waals surface area contributed by atoms with Crippen molar-refractivity contribution in [3.8, 4) is 11.4 Å². The number of pyridine rings is 1. The van der Waals surface area contributed by atoms with E-state index in [0.29, 0.717) is 12.0 Å². The molecule has 0 radical (unpaired) electrons. The van der Waals surface area contributed by atoms with E-state index in [4.69, 9.17) is 0 Å². The van der Waals surface area contributed by atoms with Crippen LogP contribution in [0.25, 0.3) is 5.69 Å². The predicted octanol–water partition coefficient (Wildman–Crippen LogP) is 1.36. The van der Waals surface area contributed by atoms with E-state index in [1.165, 1.54) is 22.8 Å².